The van der Waals surface area contributed by atoms with Crippen molar-refractivity contribution in [1.82, 2.24) is 20.1 Å². The van der Waals surface area contributed by atoms with Gasteiger partial charge in [0.05, 0.1) is 42.6 Å². The molecule has 1 saturated carbocycles. The van der Waals surface area contributed by atoms with E-state index in [9.17, 15) is 14.4 Å². The molecule has 3 amide bonds. The number of nitrogens with zero attached hydrogens (tertiary/aromatic N) is 2. The smallest absolute Gasteiger partial charge is 0.270 e. The number of rotatable bonds is 3. The average molecular weight is 615 g/mol. The van der Waals surface area contributed by atoms with Crippen LogP contribution in [0.25, 0.3) is 10.2 Å². The van der Waals surface area contributed by atoms with Crippen molar-refractivity contribution in [3.8, 4) is 17.2 Å². The molecule has 2 N–H and O–H groups in total. The summed E-state index contributed by atoms with van der Waals surface area (Å²) in [7, 11) is 1.59. The lowest BCUT2D eigenvalue weighted by atomic mass is 10.1. The molecule has 44 heavy (non-hydrogen) atoms. The SMILES string of the molecule is COc1cc2ccc1Oc1cccc(c1)CO[C@H]1CN(C(=O)c3cc4sccc4[nH]3)C[C@@H]1NC(=O)CN(C1CC1)C(=O)CC2. The third-order valence-electron chi connectivity index (χ3n) is 8.44. The summed E-state index contributed by atoms with van der Waals surface area (Å²) in [5, 5.41) is 5.08. The van der Waals surface area contributed by atoms with E-state index in [1.54, 1.807) is 28.2 Å². The number of methoxy groups -OCH3 is 1. The van der Waals surface area contributed by atoms with Crippen LogP contribution in [0.1, 0.15) is 40.9 Å². The molecule has 4 aliphatic rings. The van der Waals surface area contributed by atoms with E-state index < -0.39 is 12.1 Å². The fourth-order valence-electron chi connectivity index (χ4n) is 5.97. The highest BCUT2D eigenvalue weighted by Crippen LogP contribution is 2.34. The number of hydrogen-bond donors (Lipinski definition) is 2. The van der Waals surface area contributed by atoms with Crippen LogP contribution < -0.4 is 14.8 Å². The summed E-state index contributed by atoms with van der Waals surface area (Å²) >= 11 is 1.57. The molecule has 5 heterocycles. The number of amides is 3. The molecule has 4 bridgehead atoms. The van der Waals surface area contributed by atoms with E-state index >= 15 is 0 Å². The number of fused-ring (bicyclic) bond motifs is 10. The zero-order chi connectivity index (χ0) is 30.2. The fourth-order valence-corrected chi connectivity index (χ4v) is 6.75. The van der Waals surface area contributed by atoms with Crippen LogP contribution in [0.4, 0.5) is 0 Å². The van der Waals surface area contributed by atoms with Crippen LogP contribution in [0.15, 0.2) is 60.0 Å². The summed E-state index contributed by atoms with van der Waals surface area (Å²) in [6.07, 6.45) is 2.13. The van der Waals surface area contributed by atoms with Crippen molar-refractivity contribution in [2.75, 3.05) is 26.7 Å². The fraction of sp³-hybridized carbons (Fsp3) is 0.364. The first-order valence-electron chi connectivity index (χ1n) is 14.9. The molecule has 228 valence electrons. The van der Waals surface area contributed by atoms with Gasteiger partial charge in [-0.2, -0.15) is 0 Å². The molecular weight excluding hydrogens is 580 g/mol. The summed E-state index contributed by atoms with van der Waals surface area (Å²) in [5.41, 5.74) is 3.28. The lowest BCUT2D eigenvalue weighted by molar-refractivity contribution is -0.137. The minimum atomic E-state index is -0.442. The number of thiophene rings is 1. The Morgan fingerprint density at radius 3 is 2.73 bits per heavy atom. The van der Waals surface area contributed by atoms with Crippen LogP contribution in [-0.4, -0.2) is 77.4 Å². The molecule has 0 unspecified atom stereocenters. The molecule has 2 aromatic heterocycles. The van der Waals surface area contributed by atoms with Gasteiger partial charge in [-0.15, -0.1) is 11.3 Å². The van der Waals surface area contributed by atoms with Crippen molar-refractivity contribution < 1.29 is 28.6 Å². The second-order valence-corrected chi connectivity index (χ2v) is 12.6. The van der Waals surface area contributed by atoms with Crippen molar-refractivity contribution in [1.29, 1.82) is 0 Å². The number of likely N-dealkylation sites (tertiary alicyclic amines) is 1. The largest absolute Gasteiger partial charge is 0.493 e. The predicted octanol–water partition coefficient (Wildman–Crippen LogP) is 4.49. The van der Waals surface area contributed by atoms with Crippen LogP contribution in [-0.2, 0) is 27.4 Å². The van der Waals surface area contributed by atoms with Gasteiger partial charge >= 0.3 is 0 Å². The Labute approximate surface area is 258 Å². The van der Waals surface area contributed by atoms with Crippen LogP contribution in [0.3, 0.4) is 0 Å². The van der Waals surface area contributed by atoms with Gasteiger partial charge in [-0.1, -0.05) is 18.2 Å². The van der Waals surface area contributed by atoms with E-state index in [0.717, 1.165) is 34.2 Å². The number of aromatic amines is 1. The molecule has 0 spiro atoms. The molecule has 11 heteroatoms. The lowest BCUT2D eigenvalue weighted by Gasteiger charge is -2.25. The minimum Gasteiger partial charge on any atom is -0.493 e. The zero-order valence-electron chi connectivity index (χ0n) is 24.4. The Bertz CT molecular complexity index is 1680. The summed E-state index contributed by atoms with van der Waals surface area (Å²) < 4.78 is 19.2. The quantitative estimate of drug-likeness (QED) is 0.352. The summed E-state index contributed by atoms with van der Waals surface area (Å²) in [5.74, 6) is 1.33. The first-order chi connectivity index (χ1) is 21.4. The lowest BCUT2D eigenvalue weighted by Crippen LogP contribution is -2.49. The van der Waals surface area contributed by atoms with E-state index in [2.05, 4.69) is 10.3 Å². The number of ether oxygens (including phenoxy) is 3. The molecule has 1 aliphatic carbocycles. The molecule has 10 nitrogen and oxygen atoms in total. The number of nitrogens with one attached hydrogen (secondary N) is 2. The van der Waals surface area contributed by atoms with Crippen LogP contribution in [0.5, 0.6) is 17.2 Å². The van der Waals surface area contributed by atoms with Gasteiger partial charge in [-0.3, -0.25) is 14.4 Å². The topological polar surface area (TPSA) is 113 Å². The van der Waals surface area contributed by atoms with Crippen molar-refractivity contribution in [3.63, 3.8) is 0 Å². The minimum absolute atomic E-state index is 0.0221. The van der Waals surface area contributed by atoms with Crippen LogP contribution >= 0.6 is 11.3 Å². The van der Waals surface area contributed by atoms with Gasteiger partial charge in [0.15, 0.2) is 11.5 Å². The van der Waals surface area contributed by atoms with E-state index in [1.165, 1.54) is 0 Å². The molecule has 3 aliphatic heterocycles. The van der Waals surface area contributed by atoms with Gasteiger partial charge in [-0.05, 0) is 72.2 Å². The number of aryl methyl sites for hydroxylation is 1. The molecule has 0 radical (unpaired) electrons. The number of aromatic nitrogens is 1. The monoisotopic (exact) mass is 614 g/mol. The second-order valence-electron chi connectivity index (χ2n) is 11.6. The Kier molecular flexibility index (Phi) is 7.73. The van der Waals surface area contributed by atoms with E-state index in [0.29, 0.717) is 42.5 Å². The van der Waals surface area contributed by atoms with E-state index in [1.807, 2.05) is 60.0 Å². The van der Waals surface area contributed by atoms with Crippen molar-refractivity contribution >= 4 is 39.3 Å². The maximum Gasteiger partial charge on any atom is 0.270 e. The Morgan fingerprint density at radius 1 is 1.02 bits per heavy atom. The van der Waals surface area contributed by atoms with Crippen LogP contribution in [0.2, 0.25) is 0 Å². The standard InChI is InChI=1S/C33H34N4O6S/c1-41-28-14-20-5-9-27(28)43-23-4-2-3-21(13-23)19-42-29-17-36(33(40)25-15-30-24(34-25)11-12-44-30)16-26(29)35-31(38)18-37(22-7-8-22)32(39)10-6-20/h2-5,9,11-15,22,26,29,34H,6-8,10,16-19H2,1H3,(H,35,38)/t26-,29-/m0/s1. The van der Waals surface area contributed by atoms with E-state index in [4.69, 9.17) is 14.2 Å². The van der Waals surface area contributed by atoms with Gasteiger partial charge < -0.3 is 34.3 Å². The van der Waals surface area contributed by atoms with Gasteiger partial charge in [0, 0.05) is 25.6 Å². The number of carbonyl (C=O) groups excluding carboxylic acids is 3. The predicted molar refractivity (Wildman–Crippen MR) is 165 cm³/mol. The highest BCUT2D eigenvalue weighted by atomic mass is 32.1. The maximum absolute atomic E-state index is 13.5. The molecular formula is C33H34N4O6S. The van der Waals surface area contributed by atoms with Crippen LogP contribution in [0, 0.1) is 0 Å². The highest BCUT2D eigenvalue weighted by molar-refractivity contribution is 7.17. The third kappa shape index (κ3) is 6.02. The molecule has 2 atom stereocenters. The first-order valence-corrected chi connectivity index (χ1v) is 15.8. The van der Waals surface area contributed by atoms with Gasteiger partial charge in [0.1, 0.15) is 11.4 Å². The summed E-state index contributed by atoms with van der Waals surface area (Å²) in [6.45, 7) is 0.862. The molecule has 4 aromatic rings. The second kappa shape index (κ2) is 12.0. The zero-order valence-corrected chi connectivity index (χ0v) is 25.2. The molecule has 2 fully saturated rings. The van der Waals surface area contributed by atoms with Crippen molar-refractivity contribution in [2.24, 2.45) is 0 Å². The van der Waals surface area contributed by atoms with E-state index in [-0.39, 0.29) is 43.3 Å². The third-order valence-corrected chi connectivity index (χ3v) is 9.30. The molecule has 1 saturated heterocycles. The maximum atomic E-state index is 13.5. The number of benzene rings is 2. The number of hydrogen-bond acceptors (Lipinski definition) is 7. The average Bonchev–Trinajstić information content (AvgIpc) is 3.43. The van der Waals surface area contributed by atoms with Gasteiger partial charge in [0.25, 0.3) is 5.91 Å². The Balaban J connectivity index is 1.16. The van der Waals surface area contributed by atoms with Gasteiger partial charge in [0.2, 0.25) is 11.8 Å². The molecule has 2 aromatic carbocycles. The Hall–Kier alpha value is -4.35. The normalized spacial score (nSPS) is 21.3. The number of H-pyrrole nitrogens is 1. The van der Waals surface area contributed by atoms with Crippen molar-refractivity contribution in [2.45, 2.75) is 50.5 Å². The molecule has 8 rings (SSSR count). The Morgan fingerprint density at radius 2 is 1.91 bits per heavy atom. The summed E-state index contributed by atoms with van der Waals surface area (Å²) in [4.78, 5) is 46.9. The summed E-state index contributed by atoms with van der Waals surface area (Å²) in [6, 6.07) is 16.8. The number of carbonyl (C=O) groups is 3. The van der Waals surface area contributed by atoms with Gasteiger partial charge in [-0.25, -0.2) is 0 Å². The highest BCUT2D eigenvalue weighted by Gasteiger charge is 2.39. The van der Waals surface area contributed by atoms with Crippen molar-refractivity contribution in [3.05, 3.63) is 76.8 Å². The first kappa shape index (κ1) is 28.4.